The maximum atomic E-state index is 13.3. The van der Waals surface area contributed by atoms with Crippen LogP contribution in [0.2, 0.25) is 0 Å². The molecule has 0 bridgehead atoms. The van der Waals surface area contributed by atoms with Crippen LogP contribution >= 0.6 is 0 Å². The number of carbonyl (C=O) groups excluding carboxylic acids is 3. The Labute approximate surface area is 208 Å². The summed E-state index contributed by atoms with van der Waals surface area (Å²) in [5.74, 6) is -0.286. The third kappa shape index (κ3) is 7.05. The fourth-order valence-corrected chi connectivity index (χ4v) is 4.25. The minimum Gasteiger partial charge on any atom is -0.366 e. The van der Waals surface area contributed by atoms with E-state index >= 15 is 0 Å². The quantitative estimate of drug-likeness (QED) is 0.483. The number of rotatable bonds is 11. The number of benzene rings is 2. The number of carbonyl (C=O) groups is 3. The lowest BCUT2D eigenvalue weighted by Gasteiger charge is -2.32. The first-order valence-electron chi connectivity index (χ1n) is 12.2. The average molecular weight is 480 g/mol. The van der Waals surface area contributed by atoms with Crippen molar-refractivity contribution >= 4 is 23.4 Å². The highest BCUT2D eigenvalue weighted by molar-refractivity contribution is 5.95. The minimum atomic E-state index is -0.553. The molecule has 3 N–H and O–H groups in total. The second kappa shape index (κ2) is 11.8. The molecule has 0 saturated carbocycles. The maximum Gasteiger partial charge on any atom is 0.256 e. The van der Waals surface area contributed by atoms with Crippen LogP contribution < -0.4 is 16.0 Å². The van der Waals surface area contributed by atoms with Crippen molar-refractivity contribution in [3.8, 4) is 0 Å². The van der Waals surface area contributed by atoms with Crippen molar-refractivity contribution in [2.75, 3.05) is 31.6 Å². The van der Waals surface area contributed by atoms with E-state index in [1.54, 1.807) is 35.2 Å². The third-order valence-electron chi connectivity index (χ3n) is 6.38. The lowest BCUT2D eigenvalue weighted by atomic mass is 10.1. The molecule has 1 aliphatic rings. The Kier molecular flexibility index (Phi) is 8.87. The van der Waals surface area contributed by atoms with Gasteiger partial charge in [-0.3, -0.25) is 19.4 Å². The molecule has 1 heterocycles. The molecule has 35 heavy (non-hydrogen) atoms. The fraction of sp³-hybridized carbons (Fsp3) is 0.444. The van der Waals surface area contributed by atoms with Crippen LogP contribution in [0.4, 0.5) is 5.69 Å². The zero-order chi connectivity index (χ0) is 25.5. The molecule has 0 radical (unpaired) electrons. The number of hydrogen-bond donors (Lipinski definition) is 2. The zero-order valence-corrected chi connectivity index (χ0v) is 21.2. The summed E-state index contributed by atoms with van der Waals surface area (Å²) in [4.78, 5) is 39.6. The van der Waals surface area contributed by atoms with Crippen molar-refractivity contribution < 1.29 is 14.4 Å². The Morgan fingerprint density at radius 3 is 2.31 bits per heavy atom. The molecular weight excluding hydrogens is 442 g/mol. The molecule has 0 unspecified atom stereocenters. The first-order valence-corrected chi connectivity index (χ1v) is 12.2. The standard InChI is InChI=1S/C27H37N5O3/c1-19(2)8-7-13-29-25(33)17-31(24-14-21(27(28)35)12-11-20(24)3)18-26(34)30(4)32-15-22-9-5-6-10-23(22)16-32/h5-6,9-12,14,19H,7-8,13,15-18H2,1-4H3,(H2,28,35)(H,29,33). The first-order chi connectivity index (χ1) is 16.7. The summed E-state index contributed by atoms with van der Waals surface area (Å²) in [7, 11) is 1.76. The van der Waals surface area contributed by atoms with Gasteiger partial charge in [-0.05, 0) is 54.5 Å². The zero-order valence-electron chi connectivity index (χ0n) is 21.2. The van der Waals surface area contributed by atoms with Gasteiger partial charge in [0.2, 0.25) is 11.8 Å². The number of fused-ring (bicyclic) bond motifs is 1. The van der Waals surface area contributed by atoms with Gasteiger partial charge in [0, 0.05) is 37.9 Å². The van der Waals surface area contributed by atoms with Crippen molar-refractivity contribution in [2.45, 2.75) is 46.7 Å². The number of hydrogen-bond acceptors (Lipinski definition) is 5. The molecule has 0 atom stereocenters. The number of anilines is 1. The topological polar surface area (TPSA) is 99.0 Å². The normalized spacial score (nSPS) is 12.9. The van der Waals surface area contributed by atoms with Gasteiger partial charge in [0.25, 0.3) is 5.91 Å². The average Bonchev–Trinajstić information content (AvgIpc) is 3.25. The number of nitrogens with zero attached hydrogens (tertiary/aromatic N) is 3. The predicted octanol–water partition coefficient (Wildman–Crippen LogP) is 2.84. The van der Waals surface area contributed by atoms with Gasteiger partial charge in [-0.1, -0.05) is 44.2 Å². The van der Waals surface area contributed by atoms with Crippen LogP contribution in [0.15, 0.2) is 42.5 Å². The summed E-state index contributed by atoms with van der Waals surface area (Å²) in [6.07, 6.45) is 1.93. The number of amides is 3. The van der Waals surface area contributed by atoms with Crippen LogP contribution in [0.5, 0.6) is 0 Å². The van der Waals surface area contributed by atoms with Crippen LogP contribution in [0.1, 0.15) is 53.7 Å². The second-order valence-corrected chi connectivity index (χ2v) is 9.62. The highest BCUT2D eigenvalue weighted by Crippen LogP contribution is 2.25. The maximum absolute atomic E-state index is 13.3. The van der Waals surface area contributed by atoms with Crippen molar-refractivity contribution in [2.24, 2.45) is 11.7 Å². The van der Waals surface area contributed by atoms with E-state index in [0.29, 0.717) is 36.8 Å². The lowest BCUT2D eigenvalue weighted by Crippen LogP contribution is -2.48. The number of nitrogens with two attached hydrogens (primary N) is 1. The molecule has 3 rings (SSSR count). The van der Waals surface area contributed by atoms with Crippen molar-refractivity contribution in [1.29, 1.82) is 0 Å². The van der Waals surface area contributed by atoms with Gasteiger partial charge in [0.1, 0.15) is 0 Å². The molecule has 0 aromatic heterocycles. The number of hydrazine groups is 1. The van der Waals surface area contributed by atoms with Crippen molar-refractivity contribution in [3.63, 3.8) is 0 Å². The third-order valence-corrected chi connectivity index (χ3v) is 6.38. The largest absolute Gasteiger partial charge is 0.366 e. The van der Waals surface area contributed by atoms with Crippen LogP contribution in [-0.2, 0) is 22.7 Å². The highest BCUT2D eigenvalue weighted by Gasteiger charge is 2.27. The van der Waals surface area contributed by atoms with E-state index in [0.717, 1.165) is 18.4 Å². The summed E-state index contributed by atoms with van der Waals surface area (Å²) < 4.78 is 0. The molecule has 2 aromatic rings. The highest BCUT2D eigenvalue weighted by atomic mass is 16.2. The molecule has 8 heteroatoms. The first kappa shape index (κ1) is 26.2. The monoisotopic (exact) mass is 479 g/mol. The lowest BCUT2D eigenvalue weighted by molar-refractivity contribution is -0.145. The fourth-order valence-electron chi connectivity index (χ4n) is 4.25. The van der Waals surface area contributed by atoms with Crippen LogP contribution in [0, 0.1) is 12.8 Å². The van der Waals surface area contributed by atoms with E-state index in [-0.39, 0.29) is 24.9 Å². The smallest absolute Gasteiger partial charge is 0.256 e. The van der Waals surface area contributed by atoms with Gasteiger partial charge in [-0.15, -0.1) is 0 Å². The van der Waals surface area contributed by atoms with E-state index in [9.17, 15) is 14.4 Å². The van der Waals surface area contributed by atoms with Crippen LogP contribution in [0.25, 0.3) is 0 Å². The Balaban J connectivity index is 1.74. The van der Waals surface area contributed by atoms with Gasteiger partial charge >= 0.3 is 0 Å². The number of primary amides is 1. The molecular formula is C27H37N5O3. The molecule has 1 aliphatic heterocycles. The molecule has 188 valence electrons. The SMILES string of the molecule is Cc1ccc(C(N)=O)cc1N(CC(=O)NCCCC(C)C)CC(=O)N(C)N1Cc2ccccc2C1. The van der Waals surface area contributed by atoms with E-state index < -0.39 is 5.91 Å². The van der Waals surface area contributed by atoms with E-state index in [2.05, 4.69) is 31.3 Å². The number of likely N-dealkylation sites (N-methyl/N-ethyl adjacent to an activating group) is 1. The van der Waals surface area contributed by atoms with Gasteiger partial charge in [-0.25, -0.2) is 5.01 Å². The van der Waals surface area contributed by atoms with Crippen molar-refractivity contribution in [1.82, 2.24) is 15.3 Å². The summed E-state index contributed by atoms with van der Waals surface area (Å²) >= 11 is 0. The van der Waals surface area contributed by atoms with Gasteiger partial charge < -0.3 is 16.0 Å². The summed E-state index contributed by atoms with van der Waals surface area (Å²) in [5.41, 5.74) is 9.74. The Morgan fingerprint density at radius 1 is 1.06 bits per heavy atom. The molecule has 2 aromatic carbocycles. The van der Waals surface area contributed by atoms with E-state index in [1.165, 1.54) is 11.1 Å². The van der Waals surface area contributed by atoms with Gasteiger partial charge in [0.05, 0.1) is 13.1 Å². The molecule has 3 amide bonds. The Bertz CT molecular complexity index is 1040. The predicted molar refractivity (Wildman–Crippen MR) is 137 cm³/mol. The molecule has 0 fully saturated rings. The van der Waals surface area contributed by atoms with E-state index in [1.807, 2.05) is 24.1 Å². The Hall–Kier alpha value is -3.39. The van der Waals surface area contributed by atoms with E-state index in [4.69, 9.17) is 5.73 Å². The summed E-state index contributed by atoms with van der Waals surface area (Å²) in [6, 6.07) is 13.2. The molecule has 0 spiro atoms. The number of aryl methyl sites for hydroxylation is 1. The van der Waals surface area contributed by atoms with Crippen LogP contribution in [0.3, 0.4) is 0 Å². The van der Waals surface area contributed by atoms with Gasteiger partial charge in [0.15, 0.2) is 0 Å². The molecule has 0 aliphatic carbocycles. The van der Waals surface area contributed by atoms with Crippen molar-refractivity contribution in [3.05, 3.63) is 64.7 Å². The minimum absolute atomic E-state index is 0.00450. The number of nitrogens with one attached hydrogen (secondary N) is 1. The summed E-state index contributed by atoms with van der Waals surface area (Å²) in [6.45, 7) is 8.09. The van der Waals surface area contributed by atoms with Gasteiger partial charge in [-0.2, -0.15) is 0 Å². The second-order valence-electron chi connectivity index (χ2n) is 9.62. The molecule has 8 nitrogen and oxygen atoms in total. The Morgan fingerprint density at radius 2 is 1.71 bits per heavy atom. The summed E-state index contributed by atoms with van der Waals surface area (Å²) in [5, 5.41) is 6.57. The molecule has 0 saturated heterocycles. The van der Waals surface area contributed by atoms with Crippen LogP contribution in [-0.4, -0.2) is 54.4 Å².